The summed E-state index contributed by atoms with van der Waals surface area (Å²) in [7, 11) is 0. The fourth-order valence-electron chi connectivity index (χ4n) is 4.81. The van der Waals surface area contributed by atoms with Crippen molar-refractivity contribution in [2.45, 2.75) is 69.4 Å². The molecule has 1 aliphatic carbocycles. The summed E-state index contributed by atoms with van der Waals surface area (Å²) < 4.78 is 56.5. The molecule has 5 rings (SSSR count). The van der Waals surface area contributed by atoms with E-state index in [-0.39, 0.29) is 17.8 Å². The number of hydrogen-bond acceptors (Lipinski definition) is 5. The molecule has 188 valence electrons. The molecule has 1 fully saturated rings. The van der Waals surface area contributed by atoms with Gasteiger partial charge in [-0.05, 0) is 36.6 Å². The minimum absolute atomic E-state index is 0.106. The molecule has 3 heterocycles. The number of rotatable bonds is 3. The van der Waals surface area contributed by atoms with Gasteiger partial charge >= 0.3 is 6.18 Å². The molecule has 0 saturated heterocycles. The first-order valence-electron chi connectivity index (χ1n) is 11.2. The van der Waals surface area contributed by atoms with Crippen LogP contribution in [0.4, 0.5) is 17.6 Å². The van der Waals surface area contributed by atoms with Gasteiger partial charge in [0.1, 0.15) is 5.84 Å². The van der Waals surface area contributed by atoms with Crippen LogP contribution in [0.2, 0.25) is 10.0 Å². The number of amidine groups is 1. The first kappa shape index (κ1) is 24.6. The highest BCUT2D eigenvalue weighted by Gasteiger charge is 2.63. The summed E-state index contributed by atoms with van der Waals surface area (Å²) in [5, 5.41) is 5.79. The lowest BCUT2D eigenvalue weighted by Crippen LogP contribution is -2.44. The van der Waals surface area contributed by atoms with E-state index in [0.29, 0.717) is 18.0 Å². The Bertz CT molecular complexity index is 1150. The van der Waals surface area contributed by atoms with Crippen LogP contribution < -0.4 is 5.32 Å². The topological polar surface area (TPSA) is 53.9 Å². The van der Waals surface area contributed by atoms with Gasteiger partial charge in [0.2, 0.25) is 0 Å². The number of thiophene rings is 1. The molecule has 3 aliphatic rings. The first-order valence-corrected chi connectivity index (χ1v) is 12.8. The van der Waals surface area contributed by atoms with Gasteiger partial charge in [-0.1, -0.05) is 47.6 Å². The van der Waals surface area contributed by atoms with Crippen LogP contribution in [0.25, 0.3) is 0 Å². The SMILES string of the molecule is O=C(NC1CCCCC1)c1cc2c(s1)CN(C1=NOC(c3cc(Cl)c(F)c(Cl)c3)(C(F)(F)F)C1)C2. The van der Waals surface area contributed by atoms with Crippen molar-refractivity contribution >= 4 is 46.3 Å². The molecule has 0 radical (unpaired) electrons. The van der Waals surface area contributed by atoms with Crippen molar-refractivity contribution in [1.82, 2.24) is 10.2 Å². The molecule has 35 heavy (non-hydrogen) atoms. The highest BCUT2D eigenvalue weighted by atomic mass is 35.5. The van der Waals surface area contributed by atoms with E-state index >= 15 is 0 Å². The summed E-state index contributed by atoms with van der Waals surface area (Å²) in [4.78, 5) is 20.9. The van der Waals surface area contributed by atoms with Gasteiger partial charge in [-0.25, -0.2) is 4.39 Å². The van der Waals surface area contributed by atoms with Gasteiger partial charge in [0.25, 0.3) is 11.5 Å². The van der Waals surface area contributed by atoms with E-state index in [0.717, 1.165) is 48.3 Å². The van der Waals surface area contributed by atoms with Gasteiger partial charge in [-0.15, -0.1) is 11.3 Å². The summed E-state index contributed by atoms with van der Waals surface area (Å²) >= 11 is 12.9. The molecule has 2 aromatic rings. The van der Waals surface area contributed by atoms with E-state index in [2.05, 4.69) is 10.5 Å². The van der Waals surface area contributed by atoms with Crippen LogP contribution in [0.15, 0.2) is 23.4 Å². The highest BCUT2D eigenvalue weighted by molar-refractivity contribution is 7.14. The third kappa shape index (κ3) is 4.49. The van der Waals surface area contributed by atoms with E-state index in [1.54, 1.807) is 11.0 Å². The molecule has 2 aliphatic heterocycles. The minimum atomic E-state index is -4.86. The predicted octanol–water partition coefficient (Wildman–Crippen LogP) is 6.76. The second kappa shape index (κ2) is 9.12. The number of hydrogen-bond donors (Lipinski definition) is 1. The fraction of sp³-hybridized carbons (Fsp3) is 0.478. The van der Waals surface area contributed by atoms with Crippen molar-refractivity contribution in [3.05, 3.63) is 54.9 Å². The standard InChI is InChI=1S/C23H21Cl2F4N3O2S/c24-15-7-13(8-16(25)20(15)26)22(23(27,28)29)9-19(31-34-22)32-10-12-6-17(35-18(12)11-32)21(33)30-14-4-2-1-3-5-14/h6-8,14H,1-5,9-11H2,(H,30,33). The van der Waals surface area contributed by atoms with Crippen LogP contribution in [0.3, 0.4) is 0 Å². The largest absolute Gasteiger partial charge is 0.435 e. The number of fused-ring (bicyclic) bond motifs is 1. The number of benzene rings is 1. The Morgan fingerprint density at radius 2 is 1.83 bits per heavy atom. The van der Waals surface area contributed by atoms with E-state index in [4.69, 9.17) is 28.0 Å². The normalized spacial score (nSPS) is 22.7. The number of carbonyl (C=O) groups excluding carboxylic acids is 1. The van der Waals surface area contributed by atoms with Gasteiger partial charge in [0.05, 0.1) is 27.9 Å². The monoisotopic (exact) mass is 549 g/mol. The molecule has 5 nitrogen and oxygen atoms in total. The van der Waals surface area contributed by atoms with Crippen LogP contribution in [0, 0.1) is 5.82 Å². The lowest BCUT2D eigenvalue weighted by atomic mass is 9.89. The van der Waals surface area contributed by atoms with Crippen molar-refractivity contribution in [3.8, 4) is 0 Å². The van der Waals surface area contributed by atoms with Gasteiger partial charge < -0.3 is 15.1 Å². The zero-order valence-corrected chi connectivity index (χ0v) is 20.7. The van der Waals surface area contributed by atoms with Gasteiger partial charge in [0, 0.05) is 23.0 Å². The molecule has 1 atom stereocenters. The second-order valence-electron chi connectivity index (χ2n) is 9.08. The molecule has 1 amide bonds. The molecular weight excluding hydrogens is 529 g/mol. The lowest BCUT2D eigenvalue weighted by molar-refractivity contribution is -0.275. The maximum absolute atomic E-state index is 14.2. The van der Waals surface area contributed by atoms with E-state index in [1.165, 1.54) is 17.8 Å². The number of alkyl halides is 3. The quantitative estimate of drug-likeness (QED) is 0.339. The summed E-state index contributed by atoms with van der Waals surface area (Å²) in [5.41, 5.74) is -2.37. The molecule has 1 N–H and O–H groups in total. The van der Waals surface area contributed by atoms with Gasteiger partial charge in [-0.3, -0.25) is 4.79 Å². The maximum Gasteiger partial charge on any atom is 0.435 e. The molecule has 1 aromatic carbocycles. The summed E-state index contributed by atoms with van der Waals surface area (Å²) in [6.07, 6.45) is -0.0936. The Hall–Kier alpha value is -2.04. The molecule has 0 bridgehead atoms. The van der Waals surface area contributed by atoms with Crippen molar-refractivity contribution in [2.24, 2.45) is 5.16 Å². The zero-order chi connectivity index (χ0) is 25.0. The third-order valence-electron chi connectivity index (χ3n) is 6.74. The molecule has 1 saturated carbocycles. The van der Waals surface area contributed by atoms with Gasteiger partial charge in [0.15, 0.2) is 5.82 Å². The summed E-state index contributed by atoms with van der Waals surface area (Å²) in [6.45, 7) is 0.626. The highest BCUT2D eigenvalue weighted by Crippen LogP contribution is 2.50. The zero-order valence-electron chi connectivity index (χ0n) is 18.4. The van der Waals surface area contributed by atoms with Crippen molar-refractivity contribution < 1.29 is 27.2 Å². The van der Waals surface area contributed by atoms with Crippen LogP contribution >= 0.6 is 34.5 Å². The molecule has 12 heteroatoms. The molecule has 0 spiro atoms. The predicted molar refractivity (Wildman–Crippen MR) is 125 cm³/mol. The fourth-order valence-corrected chi connectivity index (χ4v) is 6.39. The first-order chi connectivity index (χ1) is 16.6. The number of amides is 1. The number of nitrogens with zero attached hydrogens (tertiary/aromatic N) is 2. The lowest BCUT2D eigenvalue weighted by Gasteiger charge is -2.30. The number of halogens is 6. The smallest absolute Gasteiger partial charge is 0.372 e. The summed E-state index contributed by atoms with van der Waals surface area (Å²) in [5.74, 6) is -0.998. The molecular formula is C23H21Cl2F4N3O2S. The number of carbonyl (C=O) groups is 1. The Balaban J connectivity index is 1.30. The molecule has 1 aromatic heterocycles. The number of nitrogens with one attached hydrogen (secondary N) is 1. The Kier molecular flexibility index (Phi) is 6.42. The Labute approximate surface area is 213 Å². The average molecular weight is 550 g/mol. The second-order valence-corrected chi connectivity index (χ2v) is 11.0. The van der Waals surface area contributed by atoms with E-state index in [9.17, 15) is 22.4 Å². The average Bonchev–Trinajstić information content (AvgIpc) is 3.51. The number of oxime groups is 1. The molecule has 1 unspecified atom stereocenters. The van der Waals surface area contributed by atoms with Crippen molar-refractivity contribution in [2.75, 3.05) is 0 Å². The van der Waals surface area contributed by atoms with Crippen molar-refractivity contribution in [1.29, 1.82) is 0 Å². The van der Waals surface area contributed by atoms with Crippen LogP contribution in [-0.4, -0.2) is 28.9 Å². The van der Waals surface area contributed by atoms with Gasteiger partial charge in [-0.2, -0.15) is 13.2 Å². The van der Waals surface area contributed by atoms with E-state index in [1.807, 2.05) is 0 Å². The van der Waals surface area contributed by atoms with Crippen molar-refractivity contribution in [3.63, 3.8) is 0 Å². The minimum Gasteiger partial charge on any atom is -0.372 e. The van der Waals surface area contributed by atoms with E-state index < -0.39 is 39.6 Å². The maximum atomic E-state index is 14.2. The summed E-state index contributed by atoms with van der Waals surface area (Å²) in [6, 6.07) is 3.73. The van der Waals surface area contributed by atoms with Crippen LogP contribution in [-0.2, 0) is 23.5 Å². The Morgan fingerprint density at radius 3 is 2.46 bits per heavy atom. The van der Waals surface area contributed by atoms with Crippen LogP contribution in [0.1, 0.15) is 64.2 Å². The van der Waals surface area contributed by atoms with Crippen LogP contribution in [0.5, 0.6) is 0 Å². The third-order valence-corrected chi connectivity index (χ3v) is 8.45. The Morgan fingerprint density at radius 1 is 1.14 bits per heavy atom.